The van der Waals surface area contributed by atoms with Crippen molar-refractivity contribution in [2.45, 2.75) is 0 Å². The van der Waals surface area contributed by atoms with Crippen molar-refractivity contribution in [1.29, 1.82) is 0 Å². The van der Waals surface area contributed by atoms with Crippen LogP contribution in [-0.2, 0) is 4.79 Å². The highest BCUT2D eigenvalue weighted by molar-refractivity contribution is 5.92. The van der Waals surface area contributed by atoms with Crippen molar-refractivity contribution >= 4 is 11.6 Å². The van der Waals surface area contributed by atoms with Crippen LogP contribution in [0.2, 0.25) is 0 Å². The monoisotopic (exact) mass is 304 g/mol. The Labute approximate surface area is 127 Å². The Hall–Kier alpha value is -2.60. The molecule has 2 aromatic carbocycles. The van der Waals surface area contributed by atoms with Gasteiger partial charge in [0.25, 0.3) is 0 Å². The second-order valence-electron chi connectivity index (χ2n) is 4.51. The number of rotatable bonds is 5. The van der Waals surface area contributed by atoms with Gasteiger partial charge in [0.05, 0.1) is 26.5 Å². The van der Waals surface area contributed by atoms with E-state index in [2.05, 4.69) is 5.32 Å². The molecule has 0 aliphatic carbocycles. The molecule has 0 heterocycles. The number of carbonyl (C=O) groups is 1. The average molecular weight is 304 g/mol. The van der Waals surface area contributed by atoms with Gasteiger partial charge in [0.1, 0.15) is 17.3 Å². The summed E-state index contributed by atoms with van der Waals surface area (Å²) in [5.41, 5.74) is 6.58. The van der Waals surface area contributed by atoms with Gasteiger partial charge in [-0.05, 0) is 35.9 Å². The fourth-order valence-electron chi connectivity index (χ4n) is 2.02. The largest absolute Gasteiger partial charge is 0.497 e. The molecule has 0 aromatic heterocycles. The molecule has 1 amide bonds. The number of hydrogen-bond acceptors (Lipinski definition) is 4. The number of nitrogens with two attached hydrogens (primary N) is 1. The smallest absolute Gasteiger partial charge is 0.238 e. The fraction of sp³-hybridized carbons (Fsp3) is 0.188. The average Bonchev–Trinajstić information content (AvgIpc) is 2.55. The van der Waals surface area contributed by atoms with Crippen LogP contribution in [0.15, 0.2) is 36.4 Å². The lowest BCUT2D eigenvalue weighted by Gasteiger charge is -2.12. The summed E-state index contributed by atoms with van der Waals surface area (Å²) in [4.78, 5) is 11.2. The lowest BCUT2D eigenvalue weighted by Crippen LogP contribution is -2.22. The van der Waals surface area contributed by atoms with E-state index < -0.39 is 11.7 Å². The maximum absolute atomic E-state index is 14.1. The third-order valence-corrected chi connectivity index (χ3v) is 3.15. The minimum absolute atomic E-state index is 0.0843. The first-order valence-electron chi connectivity index (χ1n) is 6.61. The van der Waals surface area contributed by atoms with Gasteiger partial charge >= 0.3 is 0 Å². The molecule has 0 aliphatic heterocycles. The normalized spacial score (nSPS) is 10.2. The lowest BCUT2D eigenvalue weighted by atomic mass is 10.0. The highest BCUT2D eigenvalue weighted by Crippen LogP contribution is 2.34. The van der Waals surface area contributed by atoms with E-state index in [-0.39, 0.29) is 12.2 Å². The number of amides is 1. The van der Waals surface area contributed by atoms with Crippen LogP contribution in [0.4, 0.5) is 10.1 Å². The van der Waals surface area contributed by atoms with Crippen molar-refractivity contribution in [2.24, 2.45) is 5.73 Å². The molecule has 0 fully saturated rings. The van der Waals surface area contributed by atoms with E-state index in [9.17, 15) is 9.18 Å². The molecule has 0 saturated heterocycles. The van der Waals surface area contributed by atoms with Crippen LogP contribution in [0.25, 0.3) is 11.1 Å². The number of anilines is 1. The van der Waals surface area contributed by atoms with Crippen molar-refractivity contribution in [3.05, 3.63) is 42.2 Å². The van der Waals surface area contributed by atoms with Crippen molar-refractivity contribution in [2.75, 3.05) is 26.1 Å². The number of hydrogen-bond donors (Lipinski definition) is 2. The predicted molar refractivity (Wildman–Crippen MR) is 82.6 cm³/mol. The number of halogens is 1. The molecule has 0 aliphatic rings. The van der Waals surface area contributed by atoms with E-state index in [0.29, 0.717) is 22.6 Å². The third-order valence-electron chi connectivity index (χ3n) is 3.15. The molecule has 3 N–H and O–H groups in total. The molecule has 5 nitrogen and oxygen atoms in total. The summed E-state index contributed by atoms with van der Waals surface area (Å²) in [6.07, 6.45) is 0. The summed E-state index contributed by atoms with van der Waals surface area (Å²) in [7, 11) is 3.09. The van der Waals surface area contributed by atoms with Crippen LogP contribution < -0.4 is 20.5 Å². The van der Waals surface area contributed by atoms with Crippen molar-refractivity contribution in [1.82, 2.24) is 0 Å². The van der Waals surface area contributed by atoms with E-state index >= 15 is 0 Å². The zero-order valence-corrected chi connectivity index (χ0v) is 12.4. The first kappa shape index (κ1) is 15.8. The van der Waals surface area contributed by atoms with Crippen LogP contribution in [0.1, 0.15) is 0 Å². The van der Waals surface area contributed by atoms with E-state index in [4.69, 9.17) is 15.2 Å². The highest BCUT2D eigenvalue weighted by atomic mass is 19.1. The summed E-state index contributed by atoms with van der Waals surface area (Å²) in [6.45, 7) is -0.203. The Bertz CT molecular complexity index is 689. The van der Waals surface area contributed by atoms with Gasteiger partial charge in [-0.3, -0.25) is 4.79 Å². The van der Waals surface area contributed by atoms with Gasteiger partial charge in [-0.2, -0.15) is 0 Å². The molecule has 116 valence electrons. The van der Waals surface area contributed by atoms with Crippen LogP contribution in [0.3, 0.4) is 0 Å². The quantitative estimate of drug-likeness (QED) is 0.889. The van der Waals surface area contributed by atoms with Crippen LogP contribution in [0.5, 0.6) is 11.5 Å². The Morgan fingerprint density at radius 3 is 2.55 bits per heavy atom. The molecular formula is C16H17FN2O3. The molecule has 0 unspecified atom stereocenters. The molecule has 2 rings (SSSR count). The maximum Gasteiger partial charge on any atom is 0.238 e. The Kier molecular flexibility index (Phi) is 4.95. The molecule has 2 aromatic rings. The van der Waals surface area contributed by atoms with Crippen molar-refractivity contribution in [3.63, 3.8) is 0 Å². The SMILES string of the molecule is COc1ccc(OC)c(-c2ccc(NC(=O)CN)c(F)c2)c1. The second-order valence-corrected chi connectivity index (χ2v) is 4.51. The number of nitrogens with one attached hydrogen (secondary N) is 1. The molecule has 0 saturated carbocycles. The zero-order valence-electron chi connectivity index (χ0n) is 12.4. The van der Waals surface area contributed by atoms with E-state index in [0.717, 1.165) is 0 Å². The summed E-state index contributed by atoms with van der Waals surface area (Å²) in [5, 5.41) is 2.39. The zero-order chi connectivity index (χ0) is 16.1. The second kappa shape index (κ2) is 6.91. The van der Waals surface area contributed by atoms with Crippen molar-refractivity contribution < 1.29 is 18.7 Å². The molecule has 0 atom stereocenters. The van der Waals surface area contributed by atoms with Crippen molar-refractivity contribution in [3.8, 4) is 22.6 Å². The summed E-state index contributed by atoms with van der Waals surface area (Å²) < 4.78 is 24.6. The standard InChI is InChI=1S/C16H17FN2O3/c1-21-11-4-6-15(22-2)12(8-11)10-3-5-14(13(17)7-10)19-16(20)9-18/h3-8H,9,18H2,1-2H3,(H,19,20). The first-order chi connectivity index (χ1) is 10.6. The van der Waals surface area contributed by atoms with E-state index in [1.165, 1.54) is 19.2 Å². The predicted octanol–water partition coefficient (Wildman–Crippen LogP) is 2.41. The highest BCUT2D eigenvalue weighted by Gasteiger charge is 2.11. The Morgan fingerprint density at radius 1 is 1.18 bits per heavy atom. The van der Waals surface area contributed by atoms with Gasteiger partial charge in [-0.1, -0.05) is 6.07 Å². The lowest BCUT2D eigenvalue weighted by molar-refractivity contribution is -0.114. The first-order valence-corrected chi connectivity index (χ1v) is 6.61. The van der Waals surface area contributed by atoms with Gasteiger partial charge in [0.15, 0.2) is 0 Å². The minimum atomic E-state index is -0.552. The van der Waals surface area contributed by atoms with E-state index in [1.54, 1.807) is 31.4 Å². The summed E-state index contributed by atoms with van der Waals surface area (Å²) in [5.74, 6) is 0.227. The molecular weight excluding hydrogens is 287 g/mol. The summed E-state index contributed by atoms with van der Waals surface area (Å²) >= 11 is 0. The van der Waals surface area contributed by atoms with Gasteiger partial charge in [-0.15, -0.1) is 0 Å². The van der Waals surface area contributed by atoms with E-state index in [1.807, 2.05) is 0 Å². The molecule has 22 heavy (non-hydrogen) atoms. The van der Waals surface area contributed by atoms with Crippen LogP contribution in [-0.4, -0.2) is 26.7 Å². The Morgan fingerprint density at radius 2 is 1.95 bits per heavy atom. The number of ether oxygens (including phenoxy) is 2. The van der Waals surface area contributed by atoms with Gasteiger partial charge in [0, 0.05) is 5.56 Å². The van der Waals surface area contributed by atoms with Crippen LogP contribution in [0, 0.1) is 5.82 Å². The minimum Gasteiger partial charge on any atom is -0.497 e. The molecule has 6 heteroatoms. The summed E-state index contributed by atoms with van der Waals surface area (Å²) in [6, 6.07) is 9.75. The number of benzene rings is 2. The number of methoxy groups -OCH3 is 2. The van der Waals surface area contributed by atoms with Gasteiger partial charge in [0.2, 0.25) is 5.91 Å². The van der Waals surface area contributed by atoms with Gasteiger partial charge in [-0.25, -0.2) is 4.39 Å². The third kappa shape index (κ3) is 3.35. The fourth-order valence-corrected chi connectivity index (χ4v) is 2.02. The molecule has 0 bridgehead atoms. The number of carbonyl (C=O) groups excluding carboxylic acids is 1. The Balaban J connectivity index is 2.41. The van der Waals surface area contributed by atoms with Crippen LogP contribution >= 0.6 is 0 Å². The maximum atomic E-state index is 14.1. The van der Waals surface area contributed by atoms with Gasteiger partial charge < -0.3 is 20.5 Å². The molecule has 0 spiro atoms. The molecule has 0 radical (unpaired) electrons. The topological polar surface area (TPSA) is 73.6 Å².